The third kappa shape index (κ3) is 16.0. The van der Waals surface area contributed by atoms with Crippen LogP contribution in [0.1, 0.15) is 103 Å². The molecule has 0 spiro atoms. The van der Waals surface area contributed by atoms with Crippen LogP contribution in [0.4, 0.5) is 9.59 Å². The predicted octanol–water partition coefficient (Wildman–Crippen LogP) is 8.69. The van der Waals surface area contributed by atoms with Crippen molar-refractivity contribution in [3.05, 3.63) is 0 Å². The molecular formula is C35H75N3O9SSi2. The minimum Gasteiger partial charge on any atom is -0.444 e. The van der Waals surface area contributed by atoms with E-state index in [-0.39, 0.29) is 34.8 Å². The highest BCUT2D eigenvalue weighted by Gasteiger charge is 2.44. The zero-order valence-electron chi connectivity index (χ0n) is 34.8. The molecule has 0 unspecified atom stereocenters. The summed E-state index contributed by atoms with van der Waals surface area (Å²) in [6.45, 7) is 38.1. The lowest BCUT2D eigenvalue weighted by molar-refractivity contribution is 0.0165. The molecule has 0 radical (unpaired) electrons. The number of amides is 2. The number of hydrogen-bond acceptors (Lipinski definition) is 10. The Hall–Kier alpha value is -0.916. The maximum absolute atomic E-state index is 12.6. The summed E-state index contributed by atoms with van der Waals surface area (Å²) in [7, 11) is -6.88. The van der Waals surface area contributed by atoms with Gasteiger partial charge < -0.3 is 42.5 Å². The summed E-state index contributed by atoms with van der Waals surface area (Å²) < 4.78 is 48.3. The van der Waals surface area contributed by atoms with Crippen LogP contribution < -0.4 is 5.32 Å². The lowest BCUT2D eigenvalue weighted by atomic mass is 10.2. The van der Waals surface area contributed by atoms with Gasteiger partial charge >= 0.3 is 12.2 Å². The highest BCUT2D eigenvalue weighted by Crippen LogP contribution is 2.41. The summed E-state index contributed by atoms with van der Waals surface area (Å²) in [6, 6.07) is 0.180. The van der Waals surface area contributed by atoms with E-state index in [1.807, 2.05) is 46.4 Å². The van der Waals surface area contributed by atoms with E-state index in [0.717, 1.165) is 13.0 Å². The molecule has 2 rings (SSSR count). The van der Waals surface area contributed by atoms with Crippen molar-refractivity contribution in [2.75, 3.05) is 39.1 Å². The normalized spacial score (nSPS) is 23.0. The van der Waals surface area contributed by atoms with E-state index >= 15 is 0 Å². The molecule has 3 N–H and O–H groups in total. The molecule has 0 aromatic heterocycles. The minimum absolute atomic E-state index is 0.0666. The molecule has 2 fully saturated rings. The Balaban J connectivity index is 0.000000502. The molecule has 0 aromatic rings. The molecule has 0 bridgehead atoms. The van der Waals surface area contributed by atoms with E-state index in [0.29, 0.717) is 32.2 Å². The van der Waals surface area contributed by atoms with Crippen LogP contribution in [0.25, 0.3) is 0 Å². The average Bonchev–Trinajstić information content (AvgIpc) is 3.46. The summed E-state index contributed by atoms with van der Waals surface area (Å²) in [6.07, 6.45) is 1.53. The Kier molecular flexibility index (Phi) is 16.5. The van der Waals surface area contributed by atoms with Crippen molar-refractivity contribution in [2.45, 2.75) is 175 Å². The second kappa shape index (κ2) is 17.5. The summed E-state index contributed by atoms with van der Waals surface area (Å²) in [5, 5.41) is 3.69. The van der Waals surface area contributed by atoms with Crippen LogP contribution in [0.5, 0.6) is 0 Å². The van der Waals surface area contributed by atoms with Crippen LogP contribution in [-0.4, -0.2) is 122 Å². The fourth-order valence-corrected chi connectivity index (χ4v) is 7.74. The Morgan fingerprint density at radius 1 is 0.720 bits per heavy atom. The van der Waals surface area contributed by atoms with Gasteiger partial charge in [0, 0.05) is 18.8 Å². The van der Waals surface area contributed by atoms with E-state index in [1.54, 1.807) is 4.90 Å². The van der Waals surface area contributed by atoms with Crippen molar-refractivity contribution in [1.29, 1.82) is 0 Å². The van der Waals surface area contributed by atoms with Crippen molar-refractivity contribution >= 4 is 39.7 Å². The predicted molar refractivity (Wildman–Crippen MR) is 210 cm³/mol. The smallest absolute Gasteiger partial charge is 0.410 e. The molecule has 2 amide bonds. The van der Waals surface area contributed by atoms with Gasteiger partial charge in [-0.2, -0.15) is 0 Å². The molecule has 50 heavy (non-hydrogen) atoms. The van der Waals surface area contributed by atoms with Gasteiger partial charge in [-0.25, -0.2) is 9.59 Å². The van der Waals surface area contributed by atoms with Crippen LogP contribution in [-0.2, 0) is 22.5 Å². The van der Waals surface area contributed by atoms with Crippen molar-refractivity contribution in [2.24, 2.45) is 0 Å². The quantitative estimate of drug-likeness (QED) is 0.185. The summed E-state index contributed by atoms with van der Waals surface area (Å²) in [5.41, 5.74) is -1.08. The van der Waals surface area contributed by atoms with Gasteiger partial charge in [0.2, 0.25) is 0 Å². The maximum atomic E-state index is 12.6. The third-order valence-corrected chi connectivity index (χ3v) is 19.4. The summed E-state index contributed by atoms with van der Waals surface area (Å²) >= 11 is 0. The van der Waals surface area contributed by atoms with Crippen molar-refractivity contribution in [3.8, 4) is 0 Å². The number of likely N-dealkylation sites (tertiary alicyclic amines) is 2. The molecule has 2 aliphatic heterocycles. The maximum Gasteiger partial charge on any atom is 0.410 e. The van der Waals surface area contributed by atoms with Crippen molar-refractivity contribution < 1.29 is 41.2 Å². The molecule has 15 heteroatoms. The van der Waals surface area contributed by atoms with E-state index in [2.05, 4.69) is 80.0 Å². The number of rotatable bonds is 10. The molecule has 2 saturated heterocycles. The first-order valence-electron chi connectivity index (χ1n) is 18.1. The second-order valence-electron chi connectivity index (χ2n) is 18.9. The highest BCUT2D eigenvalue weighted by atomic mass is 32.3. The van der Waals surface area contributed by atoms with Gasteiger partial charge in [-0.1, -0.05) is 48.5 Å². The van der Waals surface area contributed by atoms with Gasteiger partial charge in [0.1, 0.15) is 11.2 Å². The number of nitrogens with one attached hydrogen (secondary N) is 1. The van der Waals surface area contributed by atoms with Crippen molar-refractivity contribution in [1.82, 2.24) is 15.1 Å². The van der Waals surface area contributed by atoms with Crippen LogP contribution in [0.2, 0.25) is 36.3 Å². The summed E-state index contributed by atoms with van der Waals surface area (Å²) in [4.78, 5) is 28.6. The van der Waals surface area contributed by atoms with Gasteiger partial charge in [0.25, 0.3) is 0 Å². The largest absolute Gasteiger partial charge is 0.444 e. The highest BCUT2D eigenvalue weighted by molar-refractivity contribution is 8.19. The Morgan fingerprint density at radius 2 is 1.10 bits per heavy atom. The van der Waals surface area contributed by atoms with Crippen LogP contribution >= 0.6 is 10.9 Å². The molecule has 2 aliphatic rings. The van der Waals surface area contributed by atoms with Gasteiger partial charge in [0.05, 0.1) is 48.8 Å². The lowest BCUT2D eigenvalue weighted by Crippen LogP contribution is -2.47. The average molecular weight is 770 g/mol. The van der Waals surface area contributed by atoms with E-state index in [4.69, 9.17) is 22.5 Å². The fraction of sp³-hybridized carbons (Fsp3) is 0.943. The standard InChI is InChI=1S/C18H38N2O3Si.C17H37NO6SSi/c1-10-19-14-11-15(13-22-24(8,9)18(5,6)7)20(12-14)16(21)23-17(2,3)4;1-16(2,3)23-15(19)18-11-14(24-25(7,20)21)10-13(18)12-22-26(8,9)17(4,5)6/h14-15,19H,10-13H2,1-9H3;13-14,20-21H,10-12H2,1-9H3/t14-,15-;13-,14+/m00/s1. The van der Waals surface area contributed by atoms with Gasteiger partial charge in [-0.05, 0) is 97.2 Å². The third-order valence-electron chi connectivity index (χ3n) is 9.74. The fourth-order valence-electron chi connectivity index (χ4n) is 5.00. The second-order valence-corrected chi connectivity index (χ2v) is 30.3. The van der Waals surface area contributed by atoms with Gasteiger partial charge in [-0.15, -0.1) is 0 Å². The van der Waals surface area contributed by atoms with Gasteiger partial charge in [-0.3, -0.25) is 4.18 Å². The topological polar surface area (TPSA) is 139 Å². The molecule has 298 valence electrons. The Morgan fingerprint density at radius 3 is 1.44 bits per heavy atom. The van der Waals surface area contributed by atoms with Gasteiger partial charge in [0.15, 0.2) is 16.6 Å². The lowest BCUT2D eigenvalue weighted by Gasteiger charge is -2.38. The molecule has 0 aromatic carbocycles. The first-order chi connectivity index (χ1) is 22.2. The number of nitrogens with zero attached hydrogens (tertiary/aromatic N) is 2. The zero-order valence-corrected chi connectivity index (χ0v) is 37.6. The first-order valence-corrected chi connectivity index (χ1v) is 25.8. The van der Waals surface area contributed by atoms with Crippen molar-refractivity contribution in [3.63, 3.8) is 0 Å². The Bertz CT molecular complexity index is 1090. The van der Waals surface area contributed by atoms with Crippen LogP contribution in [0.3, 0.4) is 0 Å². The molecule has 12 nitrogen and oxygen atoms in total. The number of carbonyl (C=O) groups excluding carboxylic acids is 2. The van der Waals surface area contributed by atoms with E-state index in [1.165, 1.54) is 6.26 Å². The molecule has 2 heterocycles. The SMILES string of the molecule is CC(C)(C)OC(=O)N1C[C@H](OS(C)(O)O)C[C@H]1CO[Si](C)(C)C(C)(C)C.CCN[C@H]1C[C@@H](CO[Si](C)(C)C(C)(C)C)N(C(=O)OC(C)(C)C)C1. The monoisotopic (exact) mass is 769 g/mol. The number of likely N-dealkylation sites (N-methyl/N-ethyl adjacent to an activating group) is 1. The number of ether oxygens (including phenoxy) is 2. The zero-order chi connectivity index (χ0) is 39.3. The number of hydrogen-bond donors (Lipinski definition) is 3. The van der Waals surface area contributed by atoms with Crippen LogP contribution in [0, 0.1) is 0 Å². The minimum atomic E-state index is -3.09. The first kappa shape index (κ1) is 47.1. The number of carbonyl (C=O) groups is 2. The van der Waals surface area contributed by atoms with Crippen LogP contribution in [0.15, 0.2) is 0 Å². The Labute approximate surface area is 308 Å². The molecular weight excluding hydrogens is 695 g/mol. The van der Waals surface area contributed by atoms with E-state index < -0.39 is 50.9 Å². The molecule has 0 saturated carbocycles. The summed E-state index contributed by atoms with van der Waals surface area (Å²) in [5.74, 6) is 0. The molecule has 4 atom stereocenters. The van der Waals surface area contributed by atoms with E-state index in [9.17, 15) is 18.7 Å². The molecule has 0 aliphatic carbocycles.